The summed E-state index contributed by atoms with van der Waals surface area (Å²) in [5, 5.41) is 19.4. The lowest BCUT2D eigenvalue weighted by molar-refractivity contribution is -0.192. The molecule has 0 unspecified atom stereocenters. The van der Waals surface area contributed by atoms with E-state index in [2.05, 4.69) is 17.1 Å². The smallest absolute Gasteiger partial charge is 0.475 e. The Morgan fingerprint density at radius 3 is 2.26 bits per heavy atom. The van der Waals surface area contributed by atoms with Crippen molar-refractivity contribution in [3.05, 3.63) is 45.8 Å². The molecule has 1 amide bonds. The van der Waals surface area contributed by atoms with Gasteiger partial charge in [-0.3, -0.25) is 9.69 Å². The van der Waals surface area contributed by atoms with Crippen molar-refractivity contribution in [1.82, 2.24) is 14.2 Å². The van der Waals surface area contributed by atoms with Crippen LogP contribution in [-0.4, -0.2) is 83.5 Å². The molecule has 4 rings (SSSR count). The van der Waals surface area contributed by atoms with Gasteiger partial charge in [0.1, 0.15) is 0 Å². The Bertz CT molecular complexity index is 1460. The van der Waals surface area contributed by atoms with Gasteiger partial charge in [-0.2, -0.15) is 13.2 Å². The van der Waals surface area contributed by atoms with E-state index in [1.807, 2.05) is 43.4 Å². The summed E-state index contributed by atoms with van der Waals surface area (Å²) in [6.07, 6.45) is -1.68. The molecule has 0 aliphatic carbocycles. The van der Waals surface area contributed by atoms with Gasteiger partial charge in [0.05, 0.1) is 23.6 Å². The molecule has 0 spiro atoms. The molecule has 15 heteroatoms. The number of aromatic nitrogens is 1. The van der Waals surface area contributed by atoms with Crippen molar-refractivity contribution in [2.24, 2.45) is 5.73 Å². The minimum absolute atomic E-state index is 0.0178. The number of aliphatic carboxylic acids is 1. The maximum atomic E-state index is 12.3. The average Bonchev–Trinajstić information content (AvgIpc) is 3.60. The Labute approximate surface area is 247 Å². The zero-order valence-corrected chi connectivity index (χ0v) is 25.5. The number of piperidine rings is 1. The summed E-state index contributed by atoms with van der Waals surface area (Å²) >= 11 is 1.61. The highest BCUT2D eigenvalue weighted by molar-refractivity contribution is 7.89. The first-order valence-electron chi connectivity index (χ1n) is 13.3. The van der Waals surface area contributed by atoms with Crippen LogP contribution in [0.4, 0.5) is 13.2 Å². The number of thiophene rings is 1. The number of carbonyl (C=O) groups is 2. The largest absolute Gasteiger partial charge is 0.490 e. The van der Waals surface area contributed by atoms with E-state index in [1.54, 1.807) is 22.6 Å². The van der Waals surface area contributed by atoms with Gasteiger partial charge in [0.15, 0.2) is 0 Å². The van der Waals surface area contributed by atoms with Crippen LogP contribution in [0.3, 0.4) is 0 Å². The molecule has 1 aromatic carbocycles. The second-order valence-corrected chi connectivity index (χ2v) is 12.6. The number of hydrogen-bond acceptors (Lipinski definition) is 7. The Morgan fingerprint density at radius 1 is 1.17 bits per heavy atom. The summed E-state index contributed by atoms with van der Waals surface area (Å²) in [6, 6.07) is 5.98. The van der Waals surface area contributed by atoms with E-state index in [4.69, 9.17) is 15.6 Å². The van der Waals surface area contributed by atoms with E-state index in [1.165, 1.54) is 0 Å². The molecule has 42 heavy (non-hydrogen) atoms. The number of nitrogens with two attached hydrogens (primary N) is 1. The van der Waals surface area contributed by atoms with Crippen molar-refractivity contribution in [3.63, 3.8) is 0 Å². The lowest BCUT2D eigenvalue weighted by Crippen LogP contribution is -2.38. The number of fused-ring (bicyclic) bond motifs is 1. The molecule has 234 valence electrons. The molecule has 5 N–H and O–H groups in total. The summed E-state index contributed by atoms with van der Waals surface area (Å²) in [5.74, 6) is -2.93. The average molecular weight is 635 g/mol. The Balaban J connectivity index is 0.000000601. The number of alkyl halides is 3. The predicted octanol–water partition coefficient (Wildman–Crippen LogP) is 4.57. The van der Waals surface area contributed by atoms with Gasteiger partial charge in [-0.15, -0.1) is 11.3 Å². The number of benzene rings is 1. The van der Waals surface area contributed by atoms with Crippen LogP contribution in [0.15, 0.2) is 29.8 Å². The number of H-pyrrole nitrogens is 1. The van der Waals surface area contributed by atoms with Gasteiger partial charge >= 0.3 is 12.1 Å². The number of nitrogens with zero attached hydrogens (tertiary/aromatic N) is 2. The number of aliphatic hydroxyl groups is 1. The Hall–Kier alpha value is -2.98. The molecule has 1 fully saturated rings. The summed E-state index contributed by atoms with van der Waals surface area (Å²) in [6.45, 7) is 7.30. The maximum Gasteiger partial charge on any atom is 0.490 e. The van der Waals surface area contributed by atoms with Crippen LogP contribution in [0.25, 0.3) is 22.0 Å². The number of aliphatic hydroxyl groups excluding tert-OH is 1. The van der Waals surface area contributed by atoms with Gasteiger partial charge in [-0.25, -0.2) is 17.5 Å². The van der Waals surface area contributed by atoms with Gasteiger partial charge < -0.3 is 20.9 Å². The number of amides is 1. The zero-order valence-electron chi connectivity index (χ0n) is 23.9. The second-order valence-electron chi connectivity index (χ2n) is 9.39. The highest BCUT2D eigenvalue weighted by Gasteiger charge is 2.38. The molecule has 10 nitrogen and oxygen atoms in total. The normalized spacial score (nSPS) is 14.7. The molecule has 0 bridgehead atoms. The molecule has 1 aliphatic rings. The summed E-state index contributed by atoms with van der Waals surface area (Å²) in [7, 11) is -1.33. The van der Waals surface area contributed by atoms with Crippen molar-refractivity contribution < 1.29 is 41.4 Å². The Morgan fingerprint density at radius 2 is 1.76 bits per heavy atom. The molecule has 1 saturated heterocycles. The number of carbonyl (C=O) groups excluding carboxylic acids is 1. The molecule has 0 saturated carbocycles. The monoisotopic (exact) mass is 634 g/mol. The number of sulfonamides is 1. The van der Waals surface area contributed by atoms with Crippen LogP contribution in [0.5, 0.6) is 0 Å². The molecular weight excluding hydrogens is 597 g/mol. The second kappa shape index (κ2) is 15.0. The Kier molecular flexibility index (Phi) is 12.5. The molecule has 2 aromatic heterocycles. The molecular formula is C27H37F3N4O6S2. The van der Waals surface area contributed by atoms with Gasteiger partial charge in [-0.05, 0) is 73.0 Å². The van der Waals surface area contributed by atoms with E-state index in [9.17, 15) is 31.5 Å². The lowest BCUT2D eigenvalue weighted by Gasteiger charge is -2.31. The lowest BCUT2D eigenvalue weighted by atomic mass is 9.88. The highest BCUT2D eigenvalue weighted by atomic mass is 32.2. The summed E-state index contributed by atoms with van der Waals surface area (Å²) in [5.41, 5.74) is 9.90. The first-order valence-corrected chi connectivity index (χ1v) is 15.8. The standard InChI is InChI=1S/C23H30N4O4S2.C2HF3O2.C2H6/c1-3-33(30,31)27-6-4-15(5-7-27)21-11-25-22-19(21)9-16(10-20(22)23(24)29)17-8-18(32-13-17)12-26(2)14-28;3-2(4,5)1(6)7;1-2/h8-11,13,15,25,28H,3-7,12,14H2,1-2H3,(H2,24,29);(H,6,7);1-2H3. The van der Waals surface area contributed by atoms with Gasteiger partial charge in [0.2, 0.25) is 10.0 Å². The number of carboxylic acids is 1. The molecule has 0 radical (unpaired) electrons. The molecule has 1 aliphatic heterocycles. The molecule has 0 atom stereocenters. The van der Waals surface area contributed by atoms with Crippen molar-refractivity contribution in [2.75, 3.05) is 32.6 Å². The van der Waals surface area contributed by atoms with Crippen LogP contribution in [0.1, 0.15) is 60.3 Å². The SMILES string of the molecule is CC.CCS(=O)(=O)N1CCC(c2c[nH]c3c(C(N)=O)cc(-c4csc(CN(C)CO)c4)cc23)CC1.O=C(O)C(F)(F)F. The number of rotatable bonds is 8. The van der Waals surface area contributed by atoms with E-state index in [0.29, 0.717) is 25.2 Å². The van der Waals surface area contributed by atoms with E-state index in [0.717, 1.165) is 45.3 Å². The molecule has 3 heterocycles. The van der Waals surface area contributed by atoms with Crippen molar-refractivity contribution in [3.8, 4) is 11.1 Å². The quantitative estimate of drug-likeness (QED) is 0.265. The fraction of sp³-hybridized carbons (Fsp3) is 0.481. The number of hydrogen-bond donors (Lipinski definition) is 4. The van der Waals surface area contributed by atoms with Crippen molar-refractivity contribution in [1.29, 1.82) is 0 Å². The summed E-state index contributed by atoms with van der Waals surface area (Å²) in [4.78, 5) is 27.3. The zero-order chi connectivity index (χ0) is 31.8. The third kappa shape index (κ3) is 8.77. The first kappa shape index (κ1) is 35.2. The minimum Gasteiger partial charge on any atom is -0.475 e. The number of primary amides is 1. The van der Waals surface area contributed by atoms with Crippen LogP contribution in [0.2, 0.25) is 0 Å². The number of nitrogens with one attached hydrogen (secondary N) is 1. The number of aromatic amines is 1. The first-order chi connectivity index (χ1) is 19.7. The third-order valence-electron chi connectivity index (χ3n) is 6.64. The van der Waals surface area contributed by atoms with Gasteiger partial charge in [0, 0.05) is 36.1 Å². The van der Waals surface area contributed by atoms with Crippen LogP contribution < -0.4 is 5.73 Å². The maximum absolute atomic E-state index is 12.3. The van der Waals surface area contributed by atoms with E-state index >= 15 is 0 Å². The van der Waals surface area contributed by atoms with Crippen LogP contribution in [0, 0.1) is 0 Å². The van der Waals surface area contributed by atoms with Crippen LogP contribution >= 0.6 is 11.3 Å². The van der Waals surface area contributed by atoms with Crippen LogP contribution in [-0.2, 0) is 21.4 Å². The highest BCUT2D eigenvalue weighted by Crippen LogP contribution is 2.38. The number of halogens is 3. The topological polar surface area (TPSA) is 157 Å². The van der Waals surface area contributed by atoms with Crippen molar-refractivity contribution >= 4 is 44.1 Å². The minimum atomic E-state index is -5.08. The van der Waals surface area contributed by atoms with E-state index < -0.39 is 28.1 Å². The third-order valence-corrected chi connectivity index (χ3v) is 9.44. The van der Waals surface area contributed by atoms with Crippen molar-refractivity contribution in [2.45, 2.75) is 52.3 Å². The predicted molar refractivity (Wildman–Crippen MR) is 157 cm³/mol. The van der Waals surface area contributed by atoms with Gasteiger partial charge in [0.25, 0.3) is 5.91 Å². The number of carboxylic acid groups (broad SMARTS) is 1. The fourth-order valence-electron chi connectivity index (χ4n) is 4.51. The fourth-order valence-corrected chi connectivity index (χ4v) is 6.61. The van der Waals surface area contributed by atoms with E-state index in [-0.39, 0.29) is 18.4 Å². The summed E-state index contributed by atoms with van der Waals surface area (Å²) < 4.78 is 57.8. The molecule has 3 aromatic rings. The van der Waals surface area contributed by atoms with Gasteiger partial charge in [-0.1, -0.05) is 13.8 Å².